The zero-order valence-electron chi connectivity index (χ0n) is 8.67. The van der Waals surface area contributed by atoms with Crippen LogP contribution in [0, 0.1) is 0 Å². The van der Waals surface area contributed by atoms with Crippen LogP contribution in [0.3, 0.4) is 0 Å². The van der Waals surface area contributed by atoms with Gasteiger partial charge in [0.1, 0.15) is 0 Å². The van der Waals surface area contributed by atoms with Crippen LogP contribution in [0.5, 0.6) is 0 Å². The number of tetrazole rings is 1. The summed E-state index contributed by atoms with van der Waals surface area (Å²) in [5, 5.41) is 24.3. The molecule has 0 aromatic carbocycles. The van der Waals surface area contributed by atoms with E-state index in [2.05, 4.69) is 25.8 Å². The Kier molecular flexibility index (Phi) is 2.00. The van der Waals surface area contributed by atoms with Gasteiger partial charge in [-0.3, -0.25) is 4.98 Å². The molecule has 1 aliphatic rings. The number of hydrogen-bond donors (Lipinski definition) is 2. The highest BCUT2D eigenvalue weighted by Gasteiger charge is 2.34. The van der Waals surface area contributed by atoms with Crippen molar-refractivity contribution in [2.75, 3.05) is 11.9 Å². The lowest BCUT2D eigenvalue weighted by molar-refractivity contribution is -0.0202. The second kappa shape index (κ2) is 3.38. The summed E-state index contributed by atoms with van der Waals surface area (Å²) in [6.45, 7) is 0.508. The van der Waals surface area contributed by atoms with Crippen molar-refractivity contribution in [1.82, 2.24) is 25.0 Å². The number of hydrogen-bond acceptors (Lipinski definition) is 6. The van der Waals surface area contributed by atoms with Crippen LogP contribution >= 0.6 is 0 Å². The Balaban J connectivity index is 1.81. The molecule has 0 amide bonds. The van der Waals surface area contributed by atoms with Crippen LogP contribution in [0.4, 0.5) is 5.82 Å². The Morgan fingerprint density at radius 3 is 3.06 bits per heavy atom. The van der Waals surface area contributed by atoms with Gasteiger partial charge < -0.3 is 10.4 Å². The van der Waals surface area contributed by atoms with Gasteiger partial charge in [-0.2, -0.15) is 4.52 Å². The van der Waals surface area contributed by atoms with E-state index >= 15 is 0 Å². The fourth-order valence-electron chi connectivity index (χ4n) is 1.81. The molecule has 0 saturated heterocycles. The van der Waals surface area contributed by atoms with Crippen LogP contribution in [0.25, 0.3) is 5.65 Å². The molecule has 2 N–H and O–H groups in total. The molecule has 2 heterocycles. The summed E-state index contributed by atoms with van der Waals surface area (Å²) < 4.78 is 1.56. The molecule has 0 unspecified atom stereocenters. The number of fused-ring (bicyclic) bond motifs is 1. The van der Waals surface area contributed by atoms with Gasteiger partial charge in [-0.05, 0) is 29.7 Å². The fourth-order valence-corrected chi connectivity index (χ4v) is 1.81. The van der Waals surface area contributed by atoms with E-state index in [0.717, 1.165) is 19.3 Å². The maximum absolute atomic E-state index is 9.95. The molecular formula is C9H12N6O. The number of nitrogens with one attached hydrogen (secondary N) is 1. The minimum atomic E-state index is -0.573. The summed E-state index contributed by atoms with van der Waals surface area (Å²) in [7, 11) is 0. The van der Waals surface area contributed by atoms with E-state index in [1.807, 2.05) is 0 Å². The van der Waals surface area contributed by atoms with Gasteiger partial charge in [-0.25, -0.2) is 0 Å². The van der Waals surface area contributed by atoms with E-state index in [9.17, 15) is 5.11 Å². The van der Waals surface area contributed by atoms with Crippen LogP contribution in [-0.2, 0) is 0 Å². The van der Waals surface area contributed by atoms with Crippen LogP contribution in [0.1, 0.15) is 19.3 Å². The van der Waals surface area contributed by atoms with Crippen molar-refractivity contribution in [2.24, 2.45) is 0 Å². The molecule has 7 heteroatoms. The standard InChI is InChI=1S/C9H12N6O/c16-9(2-1-3-9)6-11-7-4-10-5-8-12-13-14-15(7)8/h4-5,11,16H,1-3,6H2. The monoisotopic (exact) mass is 220 g/mol. The van der Waals surface area contributed by atoms with Crippen molar-refractivity contribution in [2.45, 2.75) is 24.9 Å². The summed E-state index contributed by atoms with van der Waals surface area (Å²) in [5.74, 6) is 0.697. The van der Waals surface area contributed by atoms with Gasteiger partial charge in [0.05, 0.1) is 18.0 Å². The maximum atomic E-state index is 9.95. The van der Waals surface area contributed by atoms with E-state index < -0.39 is 5.60 Å². The second-order valence-corrected chi connectivity index (χ2v) is 4.17. The summed E-state index contributed by atoms with van der Waals surface area (Å²) in [6, 6.07) is 0. The lowest BCUT2D eigenvalue weighted by Gasteiger charge is -2.36. The van der Waals surface area contributed by atoms with Gasteiger partial charge in [-0.15, -0.1) is 5.10 Å². The third-order valence-corrected chi connectivity index (χ3v) is 2.99. The second-order valence-electron chi connectivity index (χ2n) is 4.17. The topological polar surface area (TPSA) is 88.2 Å². The molecular weight excluding hydrogens is 208 g/mol. The molecule has 1 fully saturated rings. The molecule has 2 aromatic rings. The quantitative estimate of drug-likeness (QED) is 0.747. The third kappa shape index (κ3) is 1.49. The summed E-state index contributed by atoms with van der Waals surface area (Å²) >= 11 is 0. The number of nitrogens with zero attached hydrogens (tertiary/aromatic N) is 5. The highest BCUT2D eigenvalue weighted by Crippen LogP contribution is 2.31. The highest BCUT2D eigenvalue weighted by atomic mass is 16.3. The first kappa shape index (κ1) is 9.46. The Morgan fingerprint density at radius 1 is 1.44 bits per heavy atom. The third-order valence-electron chi connectivity index (χ3n) is 2.99. The Labute approximate surface area is 91.5 Å². The average Bonchev–Trinajstić information content (AvgIpc) is 2.72. The van der Waals surface area contributed by atoms with Crippen LogP contribution in [0.2, 0.25) is 0 Å². The average molecular weight is 220 g/mol. The highest BCUT2D eigenvalue weighted by molar-refractivity contribution is 5.43. The first-order chi connectivity index (χ1) is 7.77. The van der Waals surface area contributed by atoms with Crippen LogP contribution in [0.15, 0.2) is 12.4 Å². The number of anilines is 1. The lowest BCUT2D eigenvalue weighted by Crippen LogP contribution is -2.43. The maximum Gasteiger partial charge on any atom is 0.199 e. The first-order valence-corrected chi connectivity index (χ1v) is 5.25. The zero-order valence-corrected chi connectivity index (χ0v) is 8.67. The molecule has 0 bridgehead atoms. The molecule has 84 valence electrons. The van der Waals surface area contributed by atoms with Gasteiger partial charge in [0, 0.05) is 6.54 Å². The Hall–Kier alpha value is -1.76. The Bertz CT molecular complexity index is 505. The zero-order chi connectivity index (χ0) is 11.0. The molecule has 1 saturated carbocycles. The van der Waals surface area contributed by atoms with Crippen molar-refractivity contribution >= 4 is 11.5 Å². The van der Waals surface area contributed by atoms with E-state index in [1.54, 1.807) is 16.9 Å². The molecule has 1 aliphatic carbocycles. The van der Waals surface area contributed by atoms with Crippen molar-refractivity contribution in [3.63, 3.8) is 0 Å². The molecule has 0 radical (unpaired) electrons. The largest absolute Gasteiger partial charge is 0.388 e. The van der Waals surface area contributed by atoms with Crippen LogP contribution in [-0.4, -0.2) is 42.3 Å². The number of rotatable bonds is 3. The smallest absolute Gasteiger partial charge is 0.199 e. The predicted octanol–water partition coefficient (Wildman–Crippen LogP) is -0.154. The summed E-state index contributed by atoms with van der Waals surface area (Å²) in [6.07, 6.45) is 6.01. The SMILES string of the molecule is OC1(CNc2cncc3nnnn23)CCC1. The number of aliphatic hydroxyl groups is 1. The predicted molar refractivity (Wildman–Crippen MR) is 55.9 cm³/mol. The van der Waals surface area contributed by atoms with E-state index in [4.69, 9.17) is 0 Å². The fraction of sp³-hybridized carbons (Fsp3) is 0.556. The molecule has 16 heavy (non-hydrogen) atoms. The van der Waals surface area contributed by atoms with E-state index in [-0.39, 0.29) is 0 Å². The minimum absolute atomic E-state index is 0.508. The molecule has 0 aliphatic heterocycles. The lowest BCUT2D eigenvalue weighted by atomic mass is 9.80. The normalized spacial score (nSPS) is 18.3. The molecule has 0 atom stereocenters. The minimum Gasteiger partial charge on any atom is -0.388 e. The summed E-state index contributed by atoms with van der Waals surface area (Å²) in [5.41, 5.74) is 0.0153. The van der Waals surface area contributed by atoms with Gasteiger partial charge in [-0.1, -0.05) is 0 Å². The molecule has 2 aromatic heterocycles. The van der Waals surface area contributed by atoms with Crippen LogP contribution < -0.4 is 5.32 Å². The molecule has 0 spiro atoms. The molecule has 3 rings (SSSR count). The Morgan fingerprint density at radius 2 is 2.31 bits per heavy atom. The number of aromatic nitrogens is 5. The van der Waals surface area contributed by atoms with Gasteiger partial charge in [0.2, 0.25) is 0 Å². The summed E-state index contributed by atoms with van der Waals surface area (Å²) in [4.78, 5) is 4.02. The van der Waals surface area contributed by atoms with Crippen molar-refractivity contribution in [1.29, 1.82) is 0 Å². The van der Waals surface area contributed by atoms with Gasteiger partial charge in [0.15, 0.2) is 11.5 Å². The van der Waals surface area contributed by atoms with E-state index in [1.165, 1.54) is 0 Å². The van der Waals surface area contributed by atoms with Gasteiger partial charge in [0.25, 0.3) is 0 Å². The van der Waals surface area contributed by atoms with Crippen molar-refractivity contribution < 1.29 is 5.11 Å². The first-order valence-electron chi connectivity index (χ1n) is 5.25. The van der Waals surface area contributed by atoms with Gasteiger partial charge >= 0.3 is 0 Å². The molecule has 7 nitrogen and oxygen atoms in total. The van der Waals surface area contributed by atoms with Crippen molar-refractivity contribution in [3.8, 4) is 0 Å². The van der Waals surface area contributed by atoms with Crippen molar-refractivity contribution in [3.05, 3.63) is 12.4 Å². The van der Waals surface area contributed by atoms with E-state index in [0.29, 0.717) is 18.0 Å².